The Kier molecular flexibility index (Phi) is 3.50. The summed E-state index contributed by atoms with van der Waals surface area (Å²) in [6, 6.07) is 2.23. The standard InChI is InChI=1S/C17H22N4OS/c1-12-7-13(10-18-9-12)17(3-4-17)15-20-19-14-8-16(2,11-22)23-6-5-21(14)15/h7,9-10,22H,3-6,8,11H2,1-2H3/t16-/m0/s1. The molecule has 0 radical (unpaired) electrons. The molecule has 0 unspecified atom stereocenters. The number of fused-ring (bicyclic) bond motifs is 1. The predicted octanol–water partition coefficient (Wildman–Crippen LogP) is 2.10. The third kappa shape index (κ3) is 2.48. The summed E-state index contributed by atoms with van der Waals surface area (Å²) in [5, 5.41) is 18.8. The van der Waals surface area contributed by atoms with Gasteiger partial charge in [0, 0.05) is 35.9 Å². The van der Waals surface area contributed by atoms with Crippen LogP contribution >= 0.6 is 11.8 Å². The van der Waals surface area contributed by atoms with Crippen LogP contribution in [0.5, 0.6) is 0 Å². The molecule has 0 bridgehead atoms. The zero-order valence-corrected chi connectivity index (χ0v) is 14.4. The van der Waals surface area contributed by atoms with Crippen LogP contribution in [-0.2, 0) is 18.4 Å². The van der Waals surface area contributed by atoms with Gasteiger partial charge in [0.05, 0.1) is 12.0 Å². The van der Waals surface area contributed by atoms with Gasteiger partial charge >= 0.3 is 0 Å². The molecule has 4 rings (SSSR count). The third-order valence-corrected chi connectivity index (χ3v) is 6.42. The number of nitrogens with zero attached hydrogens (tertiary/aromatic N) is 4. The Balaban J connectivity index is 1.75. The average Bonchev–Trinajstić information content (AvgIpc) is 3.29. The van der Waals surface area contributed by atoms with Crippen molar-refractivity contribution in [2.24, 2.45) is 0 Å². The largest absolute Gasteiger partial charge is 0.395 e. The first-order valence-electron chi connectivity index (χ1n) is 8.16. The van der Waals surface area contributed by atoms with Gasteiger partial charge in [0.15, 0.2) is 0 Å². The minimum Gasteiger partial charge on any atom is -0.395 e. The van der Waals surface area contributed by atoms with Crippen molar-refractivity contribution in [2.45, 2.75) is 49.8 Å². The van der Waals surface area contributed by atoms with E-state index in [0.717, 1.165) is 43.2 Å². The first kappa shape index (κ1) is 15.1. The Morgan fingerprint density at radius 2 is 2.13 bits per heavy atom. The number of aliphatic hydroxyl groups is 1. The second-order valence-electron chi connectivity index (χ2n) is 7.06. The second kappa shape index (κ2) is 5.31. The molecule has 0 aromatic carbocycles. The van der Waals surface area contributed by atoms with E-state index in [4.69, 9.17) is 0 Å². The Bertz CT molecular complexity index is 740. The van der Waals surface area contributed by atoms with Crippen molar-refractivity contribution < 1.29 is 5.11 Å². The molecule has 5 nitrogen and oxygen atoms in total. The number of hydrogen-bond donors (Lipinski definition) is 1. The SMILES string of the molecule is Cc1cncc(C2(c3nnc4n3CCS[C@](C)(CO)C4)CC2)c1. The summed E-state index contributed by atoms with van der Waals surface area (Å²) in [6.07, 6.45) is 6.86. The van der Waals surface area contributed by atoms with Crippen molar-refractivity contribution in [3.8, 4) is 0 Å². The maximum atomic E-state index is 9.70. The maximum Gasteiger partial charge on any atom is 0.143 e. The van der Waals surface area contributed by atoms with Crippen molar-refractivity contribution in [2.75, 3.05) is 12.4 Å². The first-order chi connectivity index (χ1) is 11.1. The molecule has 2 aliphatic rings. The number of aryl methyl sites for hydroxylation is 1. The van der Waals surface area contributed by atoms with E-state index in [1.807, 2.05) is 24.2 Å². The summed E-state index contributed by atoms with van der Waals surface area (Å²) in [4.78, 5) is 4.37. The van der Waals surface area contributed by atoms with Crippen LogP contribution in [0.4, 0.5) is 0 Å². The van der Waals surface area contributed by atoms with Crippen LogP contribution in [0.15, 0.2) is 18.5 Å². The van der Waals surface area contributed by atoms with Crippen LogP contribution in [0.2, 0.25) is 0 Å². The minimum absolute atomic E-state index is 0.00507. The van der Waals surface area contributed by atoms with Gasteiger partial charge in [0.2, 0.25) is 0 Å². The highest BCUT2D eigenvalue weighted by atomic mass is 32.2. The highest BCUT2D eigenvalue weighted by Gasteiger charge is 2.51. The zero-order chi connectivity index (χ0) is 16.1. The fraction of sp³-hybridized carbons (Fsp3) is 0.588. The highest BCUT2D eigenvalue weighted by molar-refractivity contribution is 8.00. The van der Waals surface area contributed by atoms with Crippen molar-refractivity contribution in [1.82, 2.24) is 19.7 Å². The van der Waals surface area contributed by atoms with Crippen LogP contribution in [-0.4, -0.2) is 42.0 Å². The molecule has 2 aromatic rings. The number of rotatable bonds is 3. The number of hydrogen-bond acceptors (Lipinski definition) is 5. The van der Waals surface area contributed by atoms with Crippen LogP contribution < -0.4 is 0 Å². The minimum atomic E-state index is -0.153. The zero-order valence-electron chi connectivity index (χ0n) is 13.6. The molecule has 1 atom stereocenters. The summed E-state index contributed by atoms with van der Waals surface area (Å²) < 4.78 is 2.14. The van der Waals surface area contributed by atoms with Gasteiger partial charge in [-0.15, -0.1) is 10.2 Å². The summed E-state index contributed by atoms with van der Waals surface area (Å²) in [5.41, 5.74) is 2.44. The maximum absolute atomic E-state index is 9.70. The Morgan fingerprint density at radius 3 is 2.83 bits per heavy atom. The van der Waals surface area contributed by atoms with Gasteiger partial charge in [-0.1, -0.05) is 6.07 Å². The predicted molar refractivity (Wildman–Crippen MR) is 90.7 cm³/mol. The van der Waals surface area contributed by atoms with E-state index in [9.17, 15) is 5.11 Å². The highest BCUT2D eigenvalue weighted by Crippen LogP contribution is 2.53. The smallest absolute Gasteiger partial charge is 0.143 e. The molecule has 23 heavy (non-hydrogen) atoms. The summed E-state index contributed by atoms with van der Waals surface area (Å²) >= 11 is 1.83. The lowest BCUT2D eigenvalue weighted by Gasteiger charge is -2.23. The van der Waals surface area contributed by atoms with E-state index >= 15 is 0 Å². The number of aromatic nitrogens is 4. The summed E-state index contributed by atoms with van der Waals surface area (Å²) in [5.74, 6) is 3.08. The van der Waals surface area contributed by atoms with Gasteiger partial charge in [-0.3, -0.25) is 4.98 Å². The van der Waals surface area contributed by atoms with E-state index in [-0.39, 0.29) is 16.8 Å². The molecule has 1 aliphatic carbocycles. The normalized spacial score (nSPS) is 25.7. The van der Waals surface area contributed by atoms with Crippen LogP contribution in [0.1, 0.15) is 42.5 Å². The lowest BCUT2D eigenvalue weighted by molar-refractivity contribution is 0.254. The van der Waals surface area contributed by atoms with Gasteiger partial charge in [-0.2, -0.15) is 11.8 Å². The van der Waals surface area contributed by atoms with E-state index < -0.39 is 0 Å². The monoisotopic (exact) mass is 330 g/mol. The molecule has 2 aromatic heterocycles. The summed E-state index contributed by atoms with van der Waals surface area (Å²) in [7, 11) is 0. The van der Waals surface area contributed by atoms with E-state index in [2.05, 4.69) is 39.7 Å². The third-order valence-electron chi connectivity index (χ3n) is 5.06. The van der Waals surface area contributed by atoms with Crippen molar-refractivity contribution in [3.63, 3.8) is 0 Å². The molecule has 1 N–H and O–H groups in total. The Labute approximate surface area is 140 Å². The molecule has 122 valence electrons. The van der Waals surface area contributed by atoms with Crippen molar-refractivity contribution in [3.05, 3.63) is 41.2 Å². The molecule has 1 fully saturated rings. The lowest BCUT2D eigenvalue weighted by Crippen LogP contribution is -2.28. The average molecular weight is 330 g/mol. The number of aliphatic hydroxyl groups excluding tert-OH is 1. The fourth-order valence-electron chi connectivity index (χ4n) is 3.51. The van der Waals surface area contributed by atoms with Crippen molar-refractivity contribution >= 4 is 11.8 Å². The van der Waals surface area contributed by atoms with Gasteiger partial charge < -0.3 is 9.67 Å². The van der Waals surface area contributed by atoms with E-state index in [0.29, 0.717) is 0 Å². The van der Waals surface area contributed by atoms with Gasteiger partial charge in [-0.25, -0.2) is 0 Å². The van der Waals surface area contributed by atoms with Crippen LogP contribution in [0.3, 0.4) is 0 Å². The quantitative estimate of drug-likeness (QED) is 0.934. The van der Waals surface area contributed by atoms with Gasteiger partial charge in [0.25, 0.3) is 0 Å². The Hall–Kier alpha value is -1.40. The number of pyridine rings is 1. The van der Waals surface area contributed by atoms with E-state index in [1.54, 1.807) is 0 Å². The molecule has 0 saturated heterocycles. The lowest BCUT2D eigenvalue weighted by atomic mass is 9.95. The molecule has 6 heteroatoms. The second-order valence-corrected chi connectivity index (χ2v) is 8.74. The molecule has 0 amide bonds. The molecular weight excluding hydrogens is 308 g/mol. The molecule has 1 aliphatic heterocycles. The van der Waals surface area contributed by atoms with Crippen molar-refractivity contribution in [1.29, 1.82) is 0 Å². The van der Waals surface area contributed by atoms with Crippen LogP contribution in [0.25, 0.3) is 0 Å². The molecule has 0 spiro atoms. The first-order valence-corrected chi connectivity index (χ1v) is 9.14. The fourth-order valence-corrected chi connectivity index (χ4v) is 4.60. The van der Waals surface area contributed by atoms with E-state index in [1.165, 1.54) is 11.1 Å². The molecular formula is C17H22N4OS. The molecule has 1 saturated carbocycles. The summed E-state index contributed by atoms with van der Waals surface area (Å²) in [6.45, 7) is 5.28. The van der Waals surface area contributed by atoms with Gasteiger partial charge in [0.1, 0.15) is 11.6 Å². The molecule has 3 heterocycles. The number of thioether (sulfide) groups is 1. The Morgan fingerprint density at radius 1 is 1.30 bits per heavy atom. The van der Waals surface area contributed by atoms with Gasteiger partial charge in [-0.05, 0) is 37.8 Å². The van der Waals surface area contributed by atoms with Crippen LogP contribution in [0, 0.1) is 6.92 Å². The topological polar surface area (TPSA) is 63.8 Å².